The summed E-state index contributed by atoms with van der Waals surface area (Å²) in [5.41, 5.74) is -0.0805. The maximum absolute atomic E-state index is 12.2. The van der Waals surface area contributed by atoms with Crippen molar-refractivity contribution in [2.45, 2.75) is 32.9 Å². The van der Waals surface area contributed by atoms with E-state index >= 15 is 0 Å². The molecule has 0 heterocycles. The fourth-order valence-electron chi connectivity index (χ4n) is 1.82. The second-order valence-corrected chi connectivity index (χ2v) is 5.40. The first kappa shape index (κ1) is 19.9. The van der Waals surface area contributed by atoms with Crippen molar-refractivity contribution in [3.63, 3.8) is 0 Å². The molecular weight excluding hydrogens is 332 g/mol. The number of carbonyl (C=O) groups is 3. The average Bonchev–Trinajstić information content (AvgIpc) is 2.52. The van der Waals surface area contributed by atoms with E-state index in [9.17, 15) is 24.5 Å². The van der Waals surface area contributed by atoms with Crippen molar-refractivity contribution in [1.29, 1.82) is 0 Å². The number of nitrogens with zero attached hydrogens (tertiary/aromatic N) is 1. The molecule has 1 aromatic rings. The molecule has 3 amide bonds. The van der Waals surface area contributed by atoms with Crippen molar-refractivity contribution < 1.29 is 24.0 Å². The van der Waals surface area contributed by atoms with E-state index in [1.54, 1.807) is 13.8 Å². The highest BCUT2D eigenvalue weighted by molar-refractivity contribution is 6.00. The normalized spacial score (nSPS) is 11.4. The van der Waals surface area contributed by atoms with Gasteiger partial charge in [-0.25, -0.2) is 9.59 Å². The Hall–Kier alpha value is -3.17. The van der Waals surface area contributed by atoms with Gasteiger partial charge in [-0.15, -0.1) is 0 Å². The zero-order valence-corrected chi connectivity index (χ0v) is 14.3. The van der Waals surface area contributed by atoms with Crippen molar-refractivity contribution in [1.82, 2.24) is 10.6 Å². The van der Waals surface area contributed by atoms with Crippen LogP contribution in [0.3, 0.4) is 0 Å². The first-order valence-corrected chi connectivity index (χ1v) is 7.44. The van der Waals surface area contributed by atoms with Gasteiger partial charge in [-0.2, -0.15) is 0 Å². The number of carbonyl (C=O) groups excluding carboxylic acids is 3. The summed E-state index contributed by atoms with van der Waals surface area (Å²) in [7, 11) is 1.53. The molecule has 0 fully saturated rings. The summed E-state index contributed by atoms with van der Waals surface area (Å²) in [6.45, 7) is 4.72. The average molecular weight is 352 g/mol. The summed E-state index contributed by atoms with van der Waals surface area (Å²) >= 11 is 0. The molecule has 0 aromatic heterocycles. The van der Waals surface area contributed by atoms with E-state index in [1.165, 1.54) is 26.1 Å². The lowest BCUT2D eigenvalue weighted by atomic mass is 10.1. The summed E-state index contributed by atoms with van der Waals surface area (Å²) < 4.78 is 4.99. The standard InChI is InChI=1S/C15H20N4O6/c1-8(2)17-15(22)18-13(20)9(3)25-14(21)11-7-10(19(23)24)5-6-12(11)16-4/h5-9,16H,1-4H3,(H2,17,18,20,22). The fourth-order valence-corrected chi connectivity index (χ4v) is 1.82. The van der Waals surface area contributed by atoms with Crippen LogP contribution in [-0.4, -0.2) is 42.0 Å². The van der Waals surface area contributed by atoms with Gasteiger partial charge in [-0.3, -0.25) is 20.2 Å². The van der Waals surface area contributed by atoms with E-state index in [0.717, 1.165) is 6.07 Å². The largest absolute Gasteiger partial charge is 0.449 e. The number of hydrogen-bond donors (Lipinski definition) is 3. The molecule has 0 radical (unpaired) electrons. The zero-order chi connectivity index (χ0) is 19.1. The third kappa shape index (κ3) is 5.75. The Morgan fingerprint density at radius 2 is 1.84 bits per heavy atom. The Morgan fingerprint density at radius 1 is 1.20 bits per heavy atom. The predicted molar refractivity (Wildman–Crippen MR) is 89.3 cm³/mol. The van der Waals surface area contributed by atoms with Gasteiger partial charge in [0.15, 0.2) is 6.10 Å². The smallest absolute Gasteiger partial charge is 0.341 e. The van der Waals surface area contributed by atoms with Crippen LogP contribution < -0.4 is 16.0 Å². The summed E-state index contributed by atoms with van der Waals surface area (Å²) in [4.78, 5) is 45.7. The number of benzene rings is 1. The molecule has 0 aliphatic carbocycles. The SMILES string of the molecule is CNc1ccc([N+](=O)[O-])cc1C(=O)OC(C)C(=O)NC(=O)NC(C)C. The second kappa shape index (κ2) is 8.62. The summed E-state index contributed by atoms with van der Waals surface area (Å²) in [6, 6.07) is 2.75. The first-order chi connectivity index (χ1) is 11.6. The van der Waals surface area contributed by atoms with Gasteiger partial charge in [0.25, 0.3) is 11.6 Å². The lowest BCUT2D eigenvalue weighted by molar-refractivity contribution is -0.384. The van der Waals surface area contributed by atoms with Crippen LogP contribution in [0.1, 0.15) is 31.1 Å². The minimum Gasteiger partial charge on any atom is -0.449 e. The third-order valence-electron chi connectivity index (χ3n) is 3.01. The number of nitrogens with one attached hydrogen (secondary N) is 3. The molecule has 0 aliphatic heterocycles. The molecule has 0 spiro atoms. The fraction of sp³-hybridized carbons (Fsp3) is 0.400. The van der Waals surface area contributed by atoms with Crippen molar-refractivity contribution in [2.24, 2.45) is 0 Å². The number of ether oxygens (including phenoxy) is 1. The zero-order valence-electron chi connectivity index (χ0n) is 14.3. The monoisotopic (exact) mass is 352 g/mol. The van der Waals surface area contributed by atoms with Gasteiger partial charge < -0.3 is 15.4 Å². The quantitative estimate of drug-likeness (QED) is 0.399. The molecule has 0 aliphatic rings. The first-order valence-electron chi connectivity index (χ1n) is 7.44. The van der Waals surface area contributed by atoms with E-state index in [-0.39, 0.29) is 17.3 Å². The van der Waals surface area contributed by atoms with Crippen molar-refractivity contribution in [2.75, 3.05) is 12.4 Å². The number of urea groups is 1. The Balaban J connectivity index is 2.84. The van der Waals surface area contributed by atoms with E-state index < -0.39 is 28.9 Å². The molecule has 1 aromatic carbocycles. The summed E-state index contributed by atoms with van der Waals surface area (Å²) in [6.07, 6.45) is -1.27. The predicted octanol–water partition coefficient (Wildman–Crippen LogP) is 1.42. The van der Waals surface area contributed by atoms with Gasteiger partial charge in [0.1, 0.15) is 0 Å². The van der Waals surface area contributed by atoms with Crippen LogP contribution in [0, 0.1) is 10.1 Å². The van der Waals surface area contributed by atoms with Crippen LogP contribution in [-0.2, 0) is 9.53 Å². The maximum atomic E-state index is 12.2. The van der Waals surface area contributed by atoms with Gasteiger partial charge in [-0.1, -0.05) is 0 Å². The Bertz CT molecular complexity index is 689. The van der Waals surface area contributed by atoms with Gasteiger partial charge in [-0.05, 0) is 26.8 Å². The number of anilines is 1. The van der Waals surface area contributed by atoms with Crippen molar-refractivity contribution >= 4 is 29.3 Å². The van der Waals surface area contributed by atoms with Crippen LogP contribution in [0.5, 0.6) is 0 Å². The molecule has 1 atom stereocenters. The van der Waals surface area contributed by atoms with Crippen molar-refractivity contribution in [3.05, 3.63) is 33.9 Å². The highest BCUT2D eigenvalue weighted by Gasteiger charge is 2.24. The molecule has 136 valence electrons. The molecular formula is C15H20N4O6. The lowest BCUT2D eigenvalue weighted by Gasteiger charge is -2.15. The lowest BCUT2D eigenvalue weighted by Crippen LogP contribution is -2.46. The van der Waals surface area contributed by atoms with Crippen LogP contribution in [0.4, 0.5) is 16.2 Å². The second-order valence-electron chi connectivity index (χ2n) is 5.40. The van der Waals surface area contributed by atoms with Crippen LogP contribution in [0.15, 0.2) is 18.2 Å². The minimum absolute atomic E-state index is 0.0945. The number of imide groups is 1. The Labute approximate surface area is 144 Å². The highest BCUT2D eigenvalue weighted by Crippen LogP contribution is 2.23. The number of amides is 3. The van der Waals surface area contributed by atoms with Gasteiger partial charge >= 0.3 is 12.0 Å². The highest BCUT2D eigenvalue weighted by atomic mass is 16.6. The maximum Gasteiger partial charge on any atom is 0.341 e. The molecule has 10 nitrogen and oxygen atoms in total. The van der Waals surface area contributed by atoms with E-state index in [2.05, 4.69) is 10.6 Å². The number of hydrogen-bond acceptors (Lipinski definition) is 7. The molecule has 10 heteroatoms. The summed E-state index contributed by atoms with van der Waals surface area (Å²) in [5.74, 6) is -1.75. The number of esters is 1. The van der Waals surface area contributed by atoms with Gasteiger partial charge in [0.05, 0.1) is 10.5 Å². The van der Waals surface area contributed by atoms with Gasteiger partial charge in [0, 0.05) is 30.9 Å². The molecule has 3 N–H and O–H groups in total. The molecule has 1 unspecified atom stereocenters. The van der Waals surface area contributed by atoms with E-state index in [4.69, 9.17) is 4.74 Å². The molecule has 0 bridgehead atoms. The number of non-ortho nitro benzene ring substituents is 1. The van der Waals surface area contributed by atoms with Crippen molar-refractivity contribution in [3.8, 4) is 0 Å². The van der Waals surface area contributed by atoms with Crippen LogP contribution in [0.25, 0.3) is 0 Å². The van der Waals surface area contributed by atoms with E-state index in [1.807, 2.05) is 5.32 Å². The Kier molecular flexibility index (Phi) is 6.85. The Morgan fingerprint density at radius 3 is 2.36 bits per heavy atom. The minimum atomic E-state index is -1.27. The molecule has 1 rings (SSSR count). The number of nitro groups is 1. The number of nitro benzene ring substituents is 1. The molecule has 25 heavy (non-hydrogen) atoms. The van der Waals surface area contributed by atoms with Gasteiger partial charge in [0.2, 0.25) is 0 Å². The molecule has 0 saturated carbocycles. The summed E-state index contributed by atoms with van der Waals surface area (Å²) in [5, 5.41) is 18.0. The van der Waals surface area contributed by atoms with Crippen LogP contribution in [0.2, 0.25) is 0 Å². The van der Waals surface area contributed by atoms with E-state index in [0.29, 0.717) is 5.69 Å². The number of rotatable bonds is 6. The topological polar surface area (TPSA) is 140 Å². The third-order valence-corrected chi connectivity index (χ3v) is 3.01. The van der Waals surface area contributed by atoms with Crippen LogP contribution >= 0.6 is 0 Å². The molecule has 0 saturated heterocycles.